The minimum absolute atomic E-state index is 0.221. The van der Waals surface area contributed by atoms with Crippen LogP contribution in [0.3, 0.4) is 0 Å². The summed E-state index contributed by atoms with van der Waals surface area (Å²) in [5, 5.41) is 25.1. The largest absolute Gasteiger partial charge is 0.396 e. The van der Waals surface area contributed by atoms with Crippen molar-refractivity contribution >= 4 is 32.3 Å². The first-order valence-electron chi connectivity index (χ1n) is 11.4. The molecule has 4 rings (SSSR count). The molecule has 0 fully saturated rings. The van der Waals surface area contributed by atoms with Gasteiger partial charge in [-0.25, -0.2) is 0 Å². The summed E-state index contributed by atoms with van der Waals surface area (Å²) in [7, 11) is 0. The third-order valence-electron chi connectivity index (χ3n) is 5.75. The van der Waals surface area contributed by atoms with Gasteiger partial charge in [-0.05, 0) is 70.1 Å². The summed E-state index contributed by atoms with van der Waals surface area (Å²) < 4.78 is 0. The molecule has 0 aromatic heterocycles. The molecule has 160 valence electrons. The molecule has 0 bridgehead atoms. The number of hydrogen-bond acceptors (Lipinski definition) is 2. The monoisotopic (exact) mass is 420 g/mol. The third-order valence-corrected chi connectivity index (χ3v) is 5.75. The van der Waals surface area contributed by atoms with Crippen LogP contribution in [0.1, 0.15) is 49.7 Å². The number of aliphatic hydroxyl groups excluding tert-OH is 2. The summed E-state index contributed by atoms with van der Waals surface area (Å²) in [4.78, 5) is 0. The Kier molecular flexibility index (Phi) is 7.42. The quantitative estimate of drug-likeness (QED) is 0.222. The lowest BCUT2D eigenvalue weighted by atomic mass is 9.91. The molecule has 0 aliphatic heterocycles. The van der Waals surface area contributed by atoms with Crippen molar-refractivity contribution in [1.82, 2.24) is 0 Å². The lowest BCUT2D eigenvalue weighted by Crippen LogP contribution is -1.89. The summed E-state index contributed by atoms with van der Waals surface area (Å²) in [6, 6.07) is 21.3. The number of benzene rings is 4. The standard InChI is InChI=1S/C30H28O2/c31-19-11-3-1-5-13-23-21-29-28-18-10-8-16-26(28)24(14-6-2-4-12-20-32)22-30(29)27-17-9-7-15-25(23)27/h7-10,15-18,21-22,31-32H,1-4,11-12,19-20H2. The predicted molar refractivity (Wildman–Crippen MR) is 135 cm³/mol. The molecule has 2 N–H and O–H groups in total. The van der Waals surface area contributed by atoms with Gasteiger partial charge in [0.05, 0.1) is 0 Å². The van der Waals surface area contributed by atoms with E-state index >= 15 is 0 Å². The van der Waals surface area contributed by atoms with Gasteiger partial charge in [-0.2, -0.15) is 0 Å². The number of aliphatic hydroxyl groups is 2. The van der Waals surface area contributed by atoms with Crippen molar-refractivity contribution in [3.05, 3.63) is 71.8 Å². The van der Waals surface area contributed by atoms with E-state index in [1.807, 2.05) is 0 Å². The van der Waals surface area contributed by atoms with Crippen molar-refractivity contribution in [3.8, 4) is 23.7 Å². The molecule has 0 saturated carbocycles. The first-order chi connectivity index (χ1) is 15.8. The second-order valence-corrected chi connectivity index (χ2v) is 8.00. The summed E-state index contributed by atoms with van der Waals surface area (Å²) in [6.45, 7) is 0.443. The molecule has 0 saturated heterocycles. The zero-order valence-electron chi connectivity index (χ0n) is 18.3. The molecule has 2 heteroatoms. The summed E-state index contributed by atoms with van der Waals surface area (Å²) in [6.07, 6.45) is 5.00. The number of unbranched alkanes of at least 4 members (excludes halogenated alkanes) is 4. The van der Waals surface area contributed by atoms with Crippen LogP contribution in [0.5, 0.6) is 0 Å². The Morgan fingerprint density at radius 3 is 1.31 bits per heavy atom. The molecule has 0 radical (unpaired) electrons. The minimum Gasteiger partial charge on any atom is -0.396 e. The van der Waals surface area contributed by atoms with Crippen molar-refractivity contribution in [1.29, 1.82) is 0 Å². The number of rotatable bonds is 6. The van der Waals surface area contributed by atoms with E-state index in [1.165, 1.54) is 21.5 Å². The molecule has 0 atom stereocenters. The molecule has 0 spiro atoms. The third kappa shape index (κ3) is 4.79. The molecule has 2 nitrogen and oxygen atoms in total. The van der Waals surface area contributed by atoms with E-state index in [0.29, 0.717) is 0 Å². The molecule has 4 aromatic carbocycles. The van der Waals surface area contributed by atoms with Crippen LogP contribution < -0.4 is 0 Å². The van der Waals surface area contributed by atoms with Gasteiger partial charge in [0.1, 0.15) is 0 Å². The topological polar surface area (TPSA) is 40.5 Å². The fraction of sp³-hybridized carbons (Fsp3) is 0.267. The van der Waals surface area contributed by atoms with Crippen LogP contribution in [-0.2, 0) is 0 Å². The van der Waals surface area contributed by atoms with E-state index < -0.39 is 0 Å². The summed E-state index contributed by atoms with van der Waals surface area (Å²) in [5.41, 5.74) is 2.09. The maximum absolute atomic E-state index is 8.99. The molecule has 0 aliphatic rings. The molecule has 0 amide bonds. The molecule has 0 heterocycles. The molecule has 0 unspecified atom stereocenters. The first kappa shape index (κ1) is 21.9. The Bertz CT molecular complexity index is 1250. The van der Waals surface area contributed by atoms with E-state index in [-0.39, 0.29) is 13.2 Å². The van der Waals surface area contributed by atoms with Crippen LogP contribution in [0.25, 0.3) is 32.3 Å². The van der Waals surface area contributed by atoms with Crippen LogP contribution in [0, 0.1) is 23.7 Å². The van der Waals surface area contributed by atoms with Crippen LogP contribution in [0.4, 0.5) is 0 Å². The van der Waals surface area contributed by atoms with Crippen molar-refractivity contribution in [3.63, 3.8) is 0 Å². The fourth-order valence-corrected chi connectivity index (χ4v) is 4.12. The van der Waals surface area contributed by atoms with Gasteiger partial charge in [-0.3, -0.25) is 0 Å². The van der Waals surface area contributed by atoms with Gasteiger partial charge < -0.3 is 10.2 Å². The maximum Gasteiger partial charge on any atom is 0.0431 e. The van der Waals surface area contributed by atoms with Gasteiger partial charge in [0.25, 0.3) is 0 Å². The van der Waals surface area contributed by atoms with E-state index in [9.17, 15) is 0 Å². The lowest BCUT2D eigenvalue weighted by molar-refractivity contribution is 0.285. The second kappa shape index (κ2) is 10.8. The Labute approximate surface area is 189 Å². The zero-order chi connectivity index (χ0) is 22.2. The van der Waals surface area contributed by atoms with Gasteiger partial charge in [0.2, 0.25) is 0 Å². The highest BCUT2D eigenvalue weighted by atomic mass is 16.3. The normalized spacial score (nSPS) is 10.7. The summed E-state index contributed by atoms with van der Waals surface area (Å²) >= 11 is 0. The first-order valence-corrected chi connectivity index (χ1v) is 11.4. The van der Waals surface area contributed by atoms with Crippen molar-refractivity contribution in [2.45, 2.75) is 38.5 Å². The zero-order valence-corrected chi connectivity index (χ0v) is 18.3. The Hall–Kier alpha value is -3.30. The van der Waals surface area contributed by atoms with Gasteiger partial charge in [0, 0.05) is 37.2 Å². The maximum atomic E-state index is 8.99. The Morgan fingerprint density at radius 1 is 0.500 bits per heavy atom. The average Bonchev–Trinajstić information content (AvgIpc) is 2.84. The average molecular weight is 421 g/mol. The van der Waals surface area contributed by atoms with Gasteiger partial charge in [-0.15, -0.1) is 0 Å². The lowest BCUT2D eigenvalue weighted by Gasteiger charge is -2.11. The molecular weight excluding hydrogens is 392 g/mol. The fourth-order valence-electron chi connectivity index (χ4n) is 4.12. The van der Waals surface area contributed by atoms with Crippen LogP contribution in [-0.4, -0.2) is 23.4 Å². The van der Waals surface area contributed by atoms with Gasteiger partial charge >= 0.3 is 0 Å². The van der Waals surface area contributed by atoms with E-state index in [4.69, 9.17) is 10.2 Å². The Balaban J connectivity index is 1.88. The Morgan fingerprint density at radius 2 is 0.906 bits per heavy atom. The van der Waals surface area contributed by atoms with E-state index in [1.54, 1.807) is 0 Å². The molecule has 32 heavy (non-hydrogen) atoms. The summed E-state index contributed by atoms with van der Waals surface area (Å²) in [5.74, 6) is 13.4. The number of fused-ring (bicyclic) bond motifs is 5. The highest BCUT2D eigenvalue weighted by Gasteiger charge is 2.10. The van der Waals surface area contributed by atoms with Crippen molar-refractivity contribution in [2.75, 3.05) is 13.2 Å². The van der Waals surface area contributed by atoms with Crippen molar-refractivity contribution in [2.24, 2.45) is 0 Å². The van der Waals surface area contributed by atoms with E-state index in [0.717, 1.165) is 60.4 Å². The molecule has 0 aliphatic carbocycles. The van der Waals surface area contributed by atoms with Crippen LogP contribution in [0.15, 0.2) is 60.7 Å². The van der Waals surface area contributed by atoms with Gasteiger partial charge in [-0.1, -0.05) is 72.2 Å². The smallest absolute Gasteiger partial charge is 0.0431 e. The van der Waals surface area contributed by atoms with Crippen molar-refractivity contribution < 1.29 is 10.2 Å². The highest BCUT2D eigenvalue weighted by molar-refractivity contribution is 6.20. The SMILES string of the molecule is OCCCCC#Cc1cc2c3ccccc3c(C#CCCCCO)cc2c2ccccc12. The van der Waals surface area contributed by atoms with Gasteiger partial charge in [0.15, 0.2) is 0 Å². The highest BCUT2D eigenvalue weighted by Crippen LogP contribution is 2.35. The predicted octanol–water partition coefficient (Wildman–Crippen LogP) is 6.17. The number of hydrogen-bond donors (Lipinski definition) is 2. The van der Waals surface area contributed by atoms with E-state index in [2.05, 4.69) is 84.3 Å². The van der Waals surface area contributed by atoms with Crippen LogP contribution >= 0.6 is 0 Å². The molecular formula is C30H28O2. The minimum atomic E-state index is 0.221. The second-order valence-electron chi connectivity index (χ2n) is 8.00. The van der Waals surface area contributed by atoms with Crippen LogP contribution in [0.2, 0.25) is 0 Å². The molecule has 4 aromatic rings.